The van der Waals surface area contributed by atoms with Gasteiger partial charge in [-0.25, -0.2) is 13.6 Å². The van der Waals surface area contributed by atoms with Crippen molar-refractivity contribution in [1.82, 2.24) is 15.5 Å². The standard InChI is InChI=1S/C26H33F2N3O3/c1-5-31(25(33)34-26(2,3)4)22(24(32)30-21-14-15-21)16-29-23(17-6-10-19(27)11-7-17)18-8-12-20(28)13-9-18/h6-13,21-23,29H,5,14-16H2,1-4H3,(H,30,32). The zero-order chi connectivity index (χ0) is 24.9. The van der Waals surface area contributed by atoms with Gasteiger partial charge in [-0.05, 0) is 75.9 Å². The molecule has 8 heteroatoms. The van der Waals surface area contributed by atoms with E-state index in [0.717, 1.165) is 24.0 Å². The molecule has 3 rings (SSSR count). The monoisotopic (exact) mass is 473 g/mol. The zero-order valence-corrected chi connectivity index (χ0v) is 20.1. The van der Waals surface area contributed by atoms with E-state index in [9.17, 15) is 18.4 Å². The average Bonchev–Trinajstić information content (AvgIpc) is 3.58. The van der Waals surface area contributed by atoms with Gasteiger partial charge in [-0.3, -0.25) is 9.69 Å². The van der Waals surface area contributed by atoms with Crippen LogP contribution < -0.4 is 10.6 Å². The van der Waals surface area contributed by atoms with Crippen LogP contribution in [-0.4, -0.2) is 47.7 Å². The molecule has 0 aliphatic heterocycles. The van der Waals surface area contributed by atoms with E-state index in [1.165, 1.54) is 29.2 Å². The van der Waals surface area contributed by atoms with E-state index in [4.69, 9.17) is 4.74 Å². The highest BCUT2D eigenvalue weighted by Gasteiger charge is 2.35. The summed E-state index contributed by atoms with van der Waals surface area (Å²) >= 11 is 0. The number of nitrogens with zero attached hydrogens (tertiary/aromatic N) is 1. The van der Waals surface area contributed by atoms with Crippen molar-refractivity contribution >= 4 is 12.0 Å². The smallest absolute Gasteiger partial charge is 0.411 e. The molecule has 1 unspecified atom stereocenters. The summed E-state index contributed by atoms with van der Waals surface area (Å²) in [7, 11) is 0. The third kappa shape index (κ3) is 7.25. The molecular weight excluding hydrogens is 440 g/mol. The van der Waals surface area contributed by atoms with E-state index in [1.807, 2.05) is 0 Å². The molecule has 6 nitrogen and oxygen atoms in total. The van der Waals surface area contributed by atoms with Crippen LogP contribution in [0.3, 0.4) is 0 Å². The third-order valence-corrected chi connectivity index (χ3v) is 5.49. The van der Waals surface area contributed by atoms with Crippen molar-refractivity contribution in [3.8, 4) is 0 Å². The van der Waals surface area contributed by atoms with Gasteiger partial charge < -0.3 is 15.4 Å². The lowest BCUT2D eigenvalue weighted by molar-refractivity contribution is -0.126. The minimum absolute atomic E-state index is 0.116. The number of hydrogen-bond acceptors (Lipinski definition) is 4. The largest absolute Gasteiger partial charge is 0.444 e. The SMILES string of the molecule is CCN(C(=O)OC(C)(C)C)C(CNC(c1ccc(F)cc1)c1ccc(F)cc1)C(=O)NC1CC1. The van der Waals surface area contributed by atoms with Crippen molar-refractivity contribution in [3.63, 3.8) is 0 Å². The Morgan fingerprint density at radius 3 is 1.91 bits per heavy atom. The van der Waals surface area contributed by atoms with Crippen LogP contribution in [0.2, 0.25) is 0 Å². The number of halogens is 2. The predicted molar refractivity (Wildman–Crippen MR) is 126 cm³/mol. The summed E-state index contributed by atoms with van der Waals surface area (Å²) < 4.78 is 32.6. The minimum atomic E-state index is -0.830. The molecule has 2 aromatic carbocycles. The number of hydrogen-bond donors (Lipinski definition) is 2. The van der Waals surface area contributed by atoms with Gasteiger partial charge in [0, 0.05) is 19.1 Å². The fourth-order valence-electron chi connectivity index (χ4n) is 3.63. The lowest BCUT2D eigenvalue weighted by Crippen LogP contribution is -2.55. The summed E-state index contributed by atoms with van der Waals surface area (Å²) in [4.78, 5) is 27.5. The first-order valence-corrected chi connectivity index (χ1v) is 11.6. The number of ether oxygens (including phenoxy) is 1. The Morgan fingerprint density at radius 2 is 1.50 bits per heavy atom. The third-order valence-electron chi connectivity index (χ3n) is 5.49. The Kier molecular flexibility index (Phi) is 8.25. The van der Waals surface area contributed by atoms with Gasteiger partial charge >= 0.3 is 6.09 Å². The van der Waals surface area contributed by atoms with Gasteiger partial charge in [0.05, 0.1) is 6.04 Å². The molecule has 1 aliphatic carbocycles. The number of benzene rings is 2. The lowest BCUT2D eigenvalue weighted by Gasteiger charge is -2.33. The zero-order valence-electron chi connectivity index (χ0n) is 20.1. The minimum Gasteiger partial charge on any atom is -0.444 e. The molecule has 0 bridgehead atoms. The fourth-order valence-corrected chi connectivity index (χ4v) is 3.63. The maximum Gasteiger partial charge on any atom is 0.411 e. The van der Waals surface area contributed by atoms with Gasteiger partial charge in [-0.15, -0.1) is 0 Å². The Bertz CT molecular complexity index is 925. The lowest BCUT2D eigenvalue weighted by atomic mass is 9.98. The van der Waals surface area contributed by atoms with Crippen molar-refractivity contribution in [1.29, 1.82) is 0 Å². The summed E-state index contributed by atoms with van der Waals surface area (Å²) in [5, 5.41) is 6.32. The highest BCUT2D eigenvalue weighted by atomic mass is 19.1. The summed E-state index contributed by atoms with van der Waals surface area (Å²) in [5.41, 5.74) is 0.782. The molecule has 1 atom stereocenters. The van der Waals surface area contributed by atoms with Crippen LogP contribution in [0.15, 0.2) is 48.5 Å². The molecule has 0 heterocycles. The van der Waals surface area contributed by atoms with Crippen molar-refractivity contribution in [2.45, 2.75) is 64.3 Å². The summed E-state index contributed by atoms with van der Waals surface area (Å²) in [5.74, 6) is -1.00. The van der Waals surface area contributed by atoms with Crippen molar-refractivity contribution in [2.75, 3.05) is 13.1 Å². The van der Waals surface area contributed by atoms with Crippen LogP contribution >= 0.6 is 0 Å². The first-order chi connectivity index (χ1) is 16.1. The van der Waals surface area contributed by atoms with Crippen molar-refractivity contribution < 1.29 is 23.1 Å². The number of rotatable bonds is 9. The molecule has 1 saturated carbocycles. The Labute approximate surface area is 199 Å². The van der Waals surface area contributed by atoms with Gasteiger partial charge in [0.25, 0.3) is 0 Å². The average molecular weight is 474 g/mol. The molecule has 184 valence electrons. The Balaban J connectivity index is 1.87. The normalized spacial score (nSPS) is 14.6. The second kappa shape index (κ2) is 11.0. The van der Waals surface area contributed by atoms with Gasteiger partial charge in [0.15, 0.2) is 0 Å². The highest BCUT2D eigenvalue weighted by molar-refractivity contribution is 5.86. The highest BCUT2D eigenvalue weighted by Crippen LogP contribution is 2.24. The van der Waals surface area contributed by atoms with Crippen LogP contribution in [0.25, 0.3) is 0 Å². The maximum absolute atomic E-state index is 13.5. The molecule has 1 aliphatic rings. The van der Waals surface area contributed by atoms with E-state index in [1.54, 1.807) is 52.0 Å². The second-order valence-electron chi connectivity index (χ2n) is 9.51. The van der Waals surface area contributed by atoms with Crippen LogP contribution in [0.4, 0.5) is 13.6 Å². The van der Waals surface area contributed by atoms with E-state index < -0.39 is 23.8 Å². The second-order valence-corrected chi connectivity index (χ2v) is 9.51. The molecule has 34 heavy (non-hydrogen) atoms. The van der Waals surface area contributed by atoms with Crippen LogP contribution in [0, 0.1) is 11.6 Å². The van der Waals surface area contributed by atoms with E-state index in [0.29, 0.717) is 0 Å². The molecule has 2 N–H and O–H groups in total. The molecule has 0 saturated heterocycles. The molecule has 0 aromatic heterocycles. The molecule has 2 aromatic rings. The first kappa shape index (κ1) is 25.6. The molecule has 1 fully saturated rings. The summed E-state index contributed by atoms with van der Waals surface area (Å²) in [6.45, 7) is 7.50. The van der Waals surface area contributed by atoms with Crippen LogP contribution in [0.1, 0.15) is 57.7 Å². The summed E-state index contributed by atoms with van der Waals surface area (Å²) in [6.07, 6.45) is 1.25. The topological polar surface area (TPSA) is 70.7 Å². The van der Waals surface area contributed by atoms with Gasteiger partial charge in [-0.2, -0.15) is 0 Å². The predicted octanol–water partition coefficient (Wildman–Crippen LogP) is 4.55. The quantitative estimate of drug-likeness (QED) is 0.561. The fraction of sp³-hybridized carbons (Fsp3) is 0.462. The number of carbonyl (C=O) groups is 2. The van der Waals surface area contributed by atoms with Crippen LogP contribution in [-0.2, 0) is 9.53 Å². The molecule has 0 spiro atoms. The van der Waals surface area contributed by atoms with Gasteiger partial charge in [0.1, 0.15) is 23.3 Å². The Morgan fingerprint density at radius 1 is 1.00 bits per heavy atom. The molecular formula is C26H33F2N3O3. The Hall–Kier alpha value is -3.00. The number of likely N-dealkylation sites (N-methyl/N-ethyl adjacent to an activating group) is 1. The van der Waals surface area contributed by atoms with Crippen molar-refractivity contribution in [2.24, 2.45) is 0 Å². The molecule has 0 radical (unpaired) electrons. The first-order valence-electron chi connectivity index (χ1n) is 11.6. The number of carbonyl (C=O) groups excluding carboxylic acids is 2. The number of nitrogens with one attached hydrogen (secondary N) is 2. The van der Waals surface area contributed by atoms with Crippen molar-refractivity contribution in [3.05, 3.63) is 71.3 Å². The molecule has 2 amide bonds. The van der Waals surface area contributed by atoms with Crippen LogP contribution in [0.5, 0.6) is 0 Å². The summed E-state index contributed by atoms with van der Waals surface area (Å²) in [6, 6.07) is 10.8. The van der Waals surface area contributed by atoms with Gasteiger partial charge in [0.2, 0.25) is 5.91 Å². The van der Waals surface area contributed by atoms with E-state index >= 15 is 0 Å². The van der Waals surface area contributed by atoms with Gasteiger partial charge in [-0.1, -0.05) is 24.3 Å². The van der Waals surface area contributed by atoms with E-state index in [-0.39, 0.29) is 36.7 Å². The van der Waals surface area contributed by atoms with E-state index in [2.05, 4.69) is 10.6 Å². The maximum atomic E-state index is 13.5. The number of amides is 2.